The van der Waals surface area contributed by atoms with Crippen LogP contribution in [0.3, 0.4) is 0 Å². The van der Waals surface area contributed by atoms with E-state index in [1.54, 1.807) is 0 Å². The van der Waals surface area contributed by atoms with E-state index in [0.717, 1.165) is 24.3 Å². The van der Waals surface area contributed by atoms with E-state index in [0.29, 0.717) is 6.07 Å². The molecule has 1 unspecified atom stereocenters. The molecule has 0 spiro atoms. The second kappa shape index (κ2) is 6.82. The summed E-state index contributed by atoms with van der Waals surface area (Å²) in [5, 5.41) is 4.94. The molecule has 2 aromatic carbocycles. The lowest BCUT2D eigenvalue weighted by Gasteiger charge is -2.13. The molecule has 0 aromatic heterocycles. The molecule has 28 heavy (non-hydrogen) atoms. The van der Waals surface area contributed by atoms with Crippen LogP contribution in [0.2, 0.25) is 0 Å². The first kappa shape index (κ1) is 19.7. The van der Waals surface area contributed by atoms with Gasteiger partial charge in [-0.15, -0.1) is 0 Å². The number of benzene rings is 2. The minimum atomic E-state index is -4.62. The molecule has 0 saturated carbocycles. The maximum atomic E-state index is 12.8. The second-order valence-corrected chi connectivity index (χ2v) is 7.77. The van der Waals surface area contributed by atoms with Crippen LogP contribution in [0, 0.1) is 5.92 Å². The van der Waals surface area contributed by atoms with Gasteiger partial charge in [0, 0.05) is 5.69 Å². The third-order valence-corrected chi connectivity index (χ3v) is 5.42. The molecule has 1 atom stereocenters. The van der Waals surface area contributed by atoms with E-state index in [-0.39, 0.29) is 22.0 Å². The third kappa shape index (κ3) is 3.93. The van der Waals surface area contributed by atoms with Gasteiger partial charge >= 0.3 is 6.18 Å². The Morgan fingerprint density at radius 3 is 2.25 bits per heavy atom. The normalized spacial score (nSPS) is 17.2. The van der Waals surface area contributed by atoms with Crippen molar-refractivity contribution in [1.29, 1.82) is 0 Å². The molecule has 1 aliphatic rings. The molecule has 1 aliphatic heterocycles. The summed E-state index contributed by atoms with van der Waals surface area (Å²) >= 11 is 0. The van der Waals surface area contributed by atoms with E-state index < -0.39 is 39.5 Å². The van der Waals surface area contributed by atoms with E-state index in [1.807, 2.05) is 0 Å². The van der Waals surface area contributed by atoms with Crippen LogP contribution < -0.4 is 15.4 Å². The maximum absolute atomic E-state index is 12.8. The fourth-order valence-electron chi connectivity index (χ4n) is 2.48. The summed E-state index contributed by atoms with van der Waals surface area (Å²) in [6, 6.07) is 7.31. The van der Waals surface area contributed by atoms with Crippen molar-refractivity contribution in [3.05, 3.63) is 48.0 Å². The predicted octanol–water partition coefficient (Wildman–Crippen LogP) is 3.03. The number of fused-ring (bicyclic) bond motifs is 1. The number of alkyl halides is 3. The molecular formula is C17H14F3N3O4S. The number of amides is 2. The van der Waals surface area contributed by atoms with Gasteiger partial charge in [0.2, 0.25) is 11.8 Å². The maximum Gasteiger partial charge on any atom is 0.416 e. The van der Waals surface area contributed by atoms with Crippen LogP contribution in [-0.4, -0.2) is 20.2 Å². The van der Waals surface area contributed by atoms with Gasteiger partial charge in [0.15, 0.2) is 0 Å². The Bertz CT molecular complexity index is 1070. The van der Waals surface area contributed by atoms with E-state index in [1.165, 1.54) is 19.1 Å². The average Bonchev–Trinajstić information content (AvgIpc) is 2.71. The second-order valence-electron chi connectivity index (χ2n) is 6.09. The molecule has 0 saturated heterocycles. The molecule has 1 heterocycles. The van der Waals surface area contributed by atoms with Crippen LogP contribution in [0.5, 0.6) is 0 Å². The van der Waals surface area contributed by atoms with Crippen LogP contribution in [0.4, 0.5) is 30.2 Å². The molecule has 0 aliphatic carbocycles. The number of anilines is 3. The Labute approximate surface area is 158 Å². The molecule has 2 amide bonds. The van der Waals surface area contributed by atoms with Crippen LogP contribution in [0.15, 0.2) is 47.4 Å². The number of hydrogen-bond donors (Lipinski definition) is 3. The van der Waals surface area contributed by atoms with Gasteiger partial charge in [-0.25, -0.2) is 8.42 Å². The van der Waals surface area contributed by atoms with Crippen LogP contribution in [0.1, 0.15) is 12.5 Å². The van der Waals surface area contributed by atoms with Crippen LogP contribution in [-0.2, 0) is 25.8 Å². The molecule has 148 valence electrons. The monoisotopic (exact) mass is 413 g/mol. The molecule has 11 heteroatoms. The first-order valence-corrected chi connectivity index (χ1v) is 9.41. The molecule has 0 fully saturated rings. The fraction of sp³-hybridized carbons (Fsp3) is 0.176. The molecule has 3 N–H and O–H groups in total. The summed E-state index contributed by atoms with van der Waals surface area (Å²) in [7, 11) is -4.25. The third-order valence-electron chi connectivity index (χ3n) is 4.05. The van der Waals surface area contributed by atoms with E-state index in [4.69, 9.17) is 0 Å². The summed E-state index contributed by atoms with van der Waals surface area (Å²) in [5.74, 6) is -2.14. The number of carbonyl (C=O) groups excluding carboxylic acids is 2. The van der Waals surface area contributed by atoms with Crippen molar-refractivity contribution >= 4 is 38.9 Å². The zero-order chi connectivity index (χ0) is 20.7. The van der Waals surface area contributed by atoms with Crippen molar-refractivity contribution in [3.8, 4) is 0 Å². The van der Waals surface area contributed by atoms with Gasteiger partial charge in [0.1, 0.15) is 5.92 Å². The summed E-state index contributed by atoms with van der Waals surface area (Å²) < 4.78 is 65.6. The number of halogens is 3. The number of hydrogen-bond acceptors (Lipinski definition) is 4. The first-order valence-electron chi connectivity index (χ1n) is 7.93. The van der Waals surface area contributed by atoms with Gasteiger partial charge < -0.3 is 10.6 Å². The van der Waals surface area contributed by atoms with E-state index in [9.17, 15) is 31.2 Å². The SMILES string of the molecule is CC1C(=O)Nc2ccc(S(=O)(=O)Nc3cccc(C(F)(F)F)c3)cc2NC1=O. The number of carbonyl (C=O) groups is 2. The number of sulfonamides is 1. The lowest BCUT2D eigenvalue weighted by molar-refractivity contribution is -0.137. The summed E-state index contributed by atoms with van der Waals surface area (Å²) in [6.45, 7) is 1.39. The highest BCUT2D eigenvalue weighted by molar-refractivity contribution is 7.92. The minimum absolute atomic E-state index is 0.0645. The first-order chi connectivity index (χ1) is 13.0. The average molecular weight is 413 g/mol. The van der Waals surface area contributed by atoms with Crippen LogP contribution >= 0.6 is 0 Å². The molecule has 0 radical (unpaired) electrons. The number of rotatable bonds is 3. The van der Waals surface area contributed by atoms with E-state index >= 15 is 0 Å². The fourth-order valence-corrected chi connectivity index (χ4v) is 3.55. The minimum Gasteiger partial charge on any atom is -0.324 e. The Morgan fingerprint density at radius 1 is 0.964 bits per heavy atom. The lowest BCUT2D eigenvalue weighted by atomic mass is 10.1. The largest absolute Gasteiger partial charge is 0.416 e. The molecular weight excluding hydrogens is 399 g/mol. The van der Waals surface area contributed by atoms with Gasteiger partial charge in [-0.2, -0.15) is 13.2 Å². The smallest absolute Gasteiger partial charge is 0.324 e. The van der Waals surface area contributed by atoms with E-state index in [2.05, 4.69) is 15.4 Å². The Hall–Kier alpha value is -3.08. The summed E-state index contributed by atoms with van der Waals surface area (Å²) in [5.41, 5.74) is -0.996. The quantitative estimate of drug-likeness (QED) is 0.673. The van der Waals surface area contributed by atoms with Gasteiger partial charge in [-0.05, 0) is 43.3 Å². The van der Waals surface area contributed by atoms with Crippen molar-refractivity contribution in [2.45, 2.75) is 18.0 Å². The highest BCUT2D eigenvalue weighted by Crippen LogP contribution is 2.32. The van der Waals surface area contributed by atoms with Gasteiger partial charge in [0.05, 0.1) is 21.8 Å². The topological polar surface area (TPSA) is 104 Å². The van der Waals surface area contributed by atoms with Crippen molar-refractivity contribution in [3.63, 3.8) is 0 Å². The van der Waals surface area contributed by atoms with Gasteiger partial charge in [-0.1, -0.05) is 6.07 Å². The zero-order valence-electron chi connectivity index (χ0n) is 14.3. The highest BCUT2D eigenvalue weighted by atomic mass is 32.2. The highest BCUT2D eigenvalue weighted by Gasteiger charge is 2.31. The van der Waals surface area contributed by atoms with Crippen molar-refractivity contribution in [2.24, 2.45) is 5.92 Å². The lowest BCUT2D eigenvalue weighted by Crippen LogP contribution is -2.28. The predicted molar refractivity (Wildman–Crippen MR) is 95.1 cm³/mol. The summed E-state index contributed by atoms with van der Waals surface area (Å²) in [4.78, 5) is 23.5. The Balaban J connectivity index is 1.93. The van der Waals surface area contributed by atoms with Crippen molar-refractivity contribution < 1.29 is 31.2 Å². The van der Waals surface area contributed by atoms with Crippen molar-refractivity contribution in [1.82, 2.24) is 0 Å². The van der Waals surface area contributed by atoms with Crippen molar-refractivity contribution in [2.75, 3.05) is 15.4 Å². The zero-order valence-corrected chi connectivity index (χ0v) is 15.1. The Morgan fingerprint density at radius 2 is 1.61 bits per heavy atom. The summed E-state index contributed by atoms with van der Waals surface area (Å²) in [6.07, 6.45) is -4.62. The molecule has 7 nitrogen and oxygen atoms in total. The molecule has 2 aromatic rings. The Kier molecular flexibility index (Phi) is 4.79. The number of nitrogens with one attached hydrogen (secondary N) is 3. The molecule has 0 bridgehead atoms. The van der Waals surface area contributed by atoms with Gasteiger partial charge in [0.25, 0.3) is 10.0 Å². The molecule has 3 rings (SSSR count). The van der Waals surface area contributed by atoms with Crippen LogP contribution in [0.25, 0.3) is 0 Å². The standard InChI is InChI=1S/C17H14F3N3O4S/c1-9-15(24)21-13-6-5-12(8-14(13)22-16(9)25)28(26,27)23-11-4-2-3-10(7-11)17(18,19)20/h2-9,23H,1H3,(H,21,24)(H,22,25). The van der Waals surface area contributed by atoms with Gasteiger partial charge in [-0.3, -0.25) is 14.3 Å².